The third-order valence-electron chi connectivity index (χ3n) is 3.47. The maximum absolute atomic E-state index is 12.1. The van der Waals surface area contributed by atoms with Gasteiger partial charge in [-0.15, -0.1) is 0 Å². The number of para-hydroxylation sites is 2. The zero-order chi connectivity index (χ0) is 16.8. The first-order chi connectivity index (χ1) is 11.8. The Hall–Kier alpha value is -3.13. The Bertz CT molecular complexity index is 774. The topological polar surface area (TPSA) is 56.8 Å². The van der Waals surface area contributed by atoms with E-state index in [1.807, 2.05) is 42.5 Å². The van der Waals surface area contributed by atoms with E-state index in [2.05, 4.69) is 17.2 Å². The number of hydrogen-bond acceptors (Lipinski definition) is 4. The molecule has 5 heteroatoms. The molecule has 1 aliphatic heterocycles. The van der Waals surface area contributed by atoms with Crippen LogP contribution in [0.1, 0.15) is 5.56 Å². The summed E-state index contributed by atoms with van der Waals surface area (Å²) < 4.78 is 16.2. The highest BCUT2D eigenvalue weighted by molar-refractivity contribution is 5.82. The van der Waals surface area contributed by atoms with Crippen LogP contribution in [-0.4, -0.2) is 32.3 Å². The fourth-order valence-electron chi connectivity index (χ4n) is 2.21. The van der Waals surface area contributed by atoms with Gasteiger partial charge in [0.25, 0.3) is 5.91 Å². The molecule has 2 aromatic carbocycles. The SMILES string of the molecule is COc1ccc(C#CCNC(=O)C2COc3ccccc3O2)cc1. The molecule has 2 aromatic rings. The van der Waals surface area contributed by atoms with Crippen LogP contribution in [0.4, 0.5) is 0 Å². The van der Waals surface area contributed by atoms with Gasteiger partial charge in [0.2, 0.25) is 6.10 Å². The van der Waals surface area contributed by atoms with Crippen molar-refractivity contribution < 1.29 is 19.0 Å². The second-order valence-corrected chi connectivity index (χ2v) is 5.11. The maximum Gasteiger partial charge on any atom is 0.265 e. The van der Waals surface area contributed by atoms with Crippen LogP contribution in [0.2, 0.25) is 0 Å². The summed E-state index contributed by atoms with van der Waals surface area (Å²) in [5.74, 6) is 7.66. The Labute approximate surface area is 140 Å². The quantitative estimate of drug-likeness (QED) is 0.878. The molecule has 0 saturated heterocycles. The van der Waals surface area contributed by atoms with E-state index in [0.29, 0.717) is 11.5 Å². The highest BCUT2D eigenvalue weighted by Gasteiger charge is 2.26. The molecule has 24 heavy (non-hydrogen) atoms. The number of fused-ring (bicyclic) bond motifs is 1. The highest BCUT2D eigenvalue weighted by atomic mass is 16.6. The Balaban J connectivity index is 1.50. The summed E-state index contributed by atoms with van der Waals surface area (Å²) in [7, 11) is 1.62. The molecule has 0 radical (unpaired) electrons. The van der Waals surface area contributed by atoms with Crippen LogP contribution in [0.25, 0.3) is 0 Å². The van der Waals surface area contributed by atoms with Gasteiger partial charge in [-0.2, -0.15) is 0 Å². The van der Waals surface area contributed by atoms with E-state index in [0.717, 1.165) is 11.3 Å². The minimum atomic E-state index is -0.664. The van der Waals surface area contributed by atoms with Crippen molar-refractivity contribution in [1.82, 2.24) is 5.32 Å². The van der Waals surface area contributed by atoms with Crippen LogP contribution in [0.15, 0.2) is 48.5 Å². The first-order valence-electron chi connectivity index (χ1n) is 7.55. The average Bonchev–Trinajstić information content (AvgIpc) is 2.65. The van der Waals surface area contributed by atoms with Crippen molar-refractivity contribution in [2.45, 2.75) is 6.10 Å². The molecular weight excluding hydrogens is 306 g/mol. The van der Waals surface area contributed by atoms with Gasteiger partial charge in [0.15, 0.2) is 11.5 Å². The molecule has 1 N–H and O–H groups in total. The van der Waals surface area contributed by atoms with E-state index in [1.54, 1.807) is 13.2 Å². The Morgan fingerprint density at radius 3 is 2.71 bits per heavy atom. The first kappa shape index (κ1) is 15.8. The molecule has 0 bridgehead atoms. The molecular formula is C19H17NO4. The smallest absolute Gasteiger partial charge is 0.265 e. The fourth-order valence-corrected chi connectivity index (χ4v) is 2.21. The second kappa shape index (κ2) is 7.42. The van der Waals surface area contributed by atoms with Gasteiger partial charge in [0.1, 0.15) is 12.4 Å². The summed E-state index contributed by atoms with van der Waals surface area (Å²) >= 11 is 0. The summed E-state index contributed by atoms with van der Waals surface area (Å²) in [6.45, 7) is 0.432. The monoisotopic (exact) mass is 323 g/mol. The number of carbonyl (C=O) groups excluding carboxylic acids is 1. The third-order valence-corrected chi connectivity index (χ3v) is 3.47. The van der Waals surface area contributed by atoms with Crippen molar-refractivity contribution in [2.24, 2.45) is 0 Å². The van der Waals surface area contributed by atoms with Gasteiger partial charge in [-0.05, 0) is 36.4 Å². The van der Waals surface area contributed by atoms with Crippen LogP contribution in [0, 0.1) is 11.8 Å². The Morgan fingerprint density at radius 1 is 1.21 bits per heavy atom. The lowest BCUT2D eigenvalue weighted by Gasteiger charge is -2.25. The van der Waals surface area contributed by atoms with E-state index in [-0.39, 0.29) is 19.1 Å². The van der Waals surface area contributed by atoms with E-state index >= 15 is 0 Å². The third kappa shape index (κ3) is 3.79. The number of carbonyl (C=O) groups is 1. The molecule has 0 fully saturated rings. The van der Waals surface area contributed by atoms with Crippen LogP contribution >= 0.6 is 0 Å². The standard InChI is InChI=1S/C19H17NO4/c1-22-15-10-8-14(9-11-15)5-4-12-20-19(21)18-13-23-16-6-2-3-7-17(16)24-18/h2-3,6-11,18H,12-13H2,1H3,(H,20,21). The Kier molecular flexibility index (Phi) is 4.87. The molecule has 1 aliphatic rings. The van der Waals surface area contributed by atoms with Gasteiger partial charge < -0.3 is 19.5 Å². The van der Waals surface area contributed by atoms with Gasteiger partial charge >= 0.3 is 0 Å². The van der Waals surface area contributed by atoms with E-state index < -0.39 is 6.10 Å². The lowest BCUT2D eigenvalue weighted by molar-refractivity contribution is -0.130. The summed E-state index contributed by atoms with van der Waals surface area (Å²) in [6, 6.07) is 14.7. The maximum atomic E-state index is 12.1. The molecule has 0 saturated carbocycles. The number of ether oxygens (including phenoxy) is 3. The molecule has 0 aliphatic carbocycles. The summed E-state index contributed by atoms with van der Waals surface area (Å²) in [4.78, 5) is 12.1. The first-order valence-corrected chi connectivity index (χ1v) is 7.55. The molecule has 1 amide bonds. The Morgan fingerprint density at radius 2 is 1.96 bits per heavy atom. The van der Waals surface area contributed by atoms with Crippen LogP contribution in [0.3, 0.4) is 0 Å². The lowest BCUT2D eigenvalue weighted by Crippen LogP contribution is -2.44. The zero-order valence-electron chi connectivity index (χ0n) is 13.2. The molecule has 0 aromatic heterocycles. The molecule has 122 valence electrons. The fraction of sp³-hybridized carbons (Fsp3) is 0.211. The van der Waals surface area contributed by atoms with Gasteiger partial charge in [-0.3, -0.25) is 4.79 Å². The lowest BCUT2D eigenvalue weighted by atomic mass is 10.2. The van der Waals surface area contributed by atoms with Crippen molar-refractivity contribution in [3.8, 4) is 29.1 Å². The number of rotatable bonds is 3. The summed E-state index contributed by atoms with van der Waals surface area (Å²) in [6.07, 6.45) is -0.664. The molecule has 0 spiro atoms. The average molecular weight is 323 g/mol. The summed E-state index contributed by atoms with van der Waals surface area (Å²) in [5, 5.41) is 2.73. The second-order valence-electron chi connectivity index (χ2n) is 5.11. The van der Waals surface area contributed by atoms with E-state index in [9.17, 15) is 4.79 Å². The van der Waals surface area contributed by atoms with Crippen molar-refractivity contribution >= 4 is 5.91 Å². The molecule has 1 unspecified atom stereocenters. The zero-order valence-corrected chi connectivity index (χ0v) is 13.2. The van der Waals surface area contributed by atoms with Crippen molar-refractivity contribution in [2.75, 3.05) is 20.3 Å². The van der Waals surface area contributed by atoms with Crippen LogP contribution in [0.5, 0.6) is 17.2 Å². The number of methoxy groups -OCH3 is 1. The summed E-state index contributed by atoms with van der Waals surface area (Å²) in [5.41, 5.74) is 0.858. The molecule has 1 atom stereocenters. The van der Waals surface area contributed by atoms with Crippen LogP contribution < -0.4 is 19.5 Å². The van der Waals surface area contributed by atoms with Gasteiger partial charge in [-0.1, -0.05) is 24.0 Å². The normalized spacial score (nSPS) is 15.0. The predicted molar refractivity (Wildman–Crippen MR) is 89.2 cm³/mol. The minimum absolute atomic E-state index is 0.189. The number of benzene rings is 2. The van der Waals surface area contributed by atoms with Crippen molar-refractivity contribution in [3.63, 3.8) is 0 Å². The van der Waals surface area contributed by atoms with Crippen LogP contribution in [-0.2, 0) is 4.79 Å². The van der Waals surface area contributed by atoms with Gasteiger partial charge in [0.05, 0.1) is 13.7 Å². The van der Waals surface area contributed by atoms with Gasteiger partial charge in [-0.25, -0.2) is 0 Å². The molecule has 5 nitrogen and oxygen atoms in total. The highest BCUT2D eigenvalue weighted by Crippen LogP contribution is 2.30. The van der Waals surface area contributed by atoms with E-state index in [4.69, 9.17) is 14.2 Å². The molecule has 3 rings (SSSR count). The largest absolute Gasteiger partial charge is 0.497 e. The minimum Gasteiger partial charge on any atom is -0.497 e. The van der Waals surface area contributed by atoms with Crippen molar-refractivity contribution in [1.29, 1.82) is 0 Å². The molecule has 1 heterocycles. The number of amides is 1. The van der Waals surface area contributed by atoms with E-state index in [1.165, 1.54) is 0 Å². The predicted octanol–water partition coefficient (Wildman–Crippen LogP) is 2.00. The van der Waals surface area contributed by atoms with Crippen molar-refractivity contribution in [3.05, 3.63) is 54.1 Å². The number of nitrogens with one attached hydrogen (secondary N) is 1. The number of hydrogen-bond donors (Lipinski definition) is 1. The van der Waals surface area contributed by atoms with Gasteiger partial charge in [0, 0.05) is 5.56 Å².